The molecule has 14 heteroatoms. The van der Waals surface area contributed by atoms with Gasteiger partial charge in [0.05, 0.1) is 18.2 Å². The van der Waals surface area contributed by atoms with E-state index in [1.807, 2.05) is 12.1 Å². The second kappa shape index (κ2) is 12.7. The van der Waals surface area contributed by atoms with Gasteiger partial charge in [0.15, 0.2) is 11.4 Å². The van der Waals surface area contributed by atoms with E-state index < -0.39 is 6.09 Å². The van der Waals surface area contributed by atoms with Gasteiger partial charge in [0.25, 0.3) is 0 Å². The van der Waals surface area contributed by atoms with Gasteiger partial charge < -0.3 is 19.9 Å². The lowest BCUT2D eigenvalue weighted by Gasteiger charge is -2.10. The highest BCUT2D eigenvalue weighted by molar-refractivity contribution is 6.30. The highest BCUT2D eigenvalue weighted by atomic mass is 35.5. The molecule has 5 aromatic rings. The van der Waals surface area contributed by atoms with Crippen molar-refractivity contribution in [3.63, 3.8) is 0 Å². The first kappa shape index (κ1) is 28.0. The van der Waals surface area contributed by atoms with Crippen LogP contribution in [0.1, 0.15) is 17.5 Å². The molecule has 2 heterocycles. The predicted molar refractivity (Wildman–Crippen MR) is 155 cm³/mol. The standard InChI is InChI=1S/C28H23ClN8O5/c1-41-28(40)31-20-9-11-24-21(15-20)27(34-42-24)33-26(39)12-6-17-4-2-3-5-22(17)32-25(38)13-7-18-14-19(29)8-10-23(18)37-16-30-35-36-37/h2-5,7-11,13-16H,6,12H2,1H3,(H,31,40)(H,32,38)(H,33,34,39). The minimum absolute atomic E-state index is 0.106. The Bertz CT molecular complexity index is 1780. The van der Waals surface area contributed by atoms with Crippen molar-refractivity contribution in [2.45, 2.75) is 12.8 Å². The maximum atomic E-state index is 12.8. The van der Waals surface area contributed by atoms with Crippen LogP contribution in [0, 0.1) is 0 Å². The molecular weight excluding hydrogens is 564 g/mol. The molecule has 3 aromatic carbocycles. The zero-order chi connectivity index (χ0) is 29.5. The number of tetrazole rings is 1. The fourth-order valence-electron chi connectivity index (χ4n) is 4.06. The lowest BCUT2D eigenvalue weighted by Crippen LogP contribution is -2.14. The first-order chi connectivity index (χ1) is 20.4. The number of hydrogen-bond acceptors (Lipinski definition) is 9. The third-order valence-corrected chi connectivity index (χ3v) is 6.29. The maximum absolute atomic E-state index is 12.8. The molecule has 0 aliphatic carbocycles. The highest BCUT2D eigenvalue weighted by Crippen LogP contribution is 2.27. The number of carbonyl (C=O) groups excluding carboxylic acids is 3. The van der Waals surface area contributed by atoms with Gasteiger partial charge in [-0.15, -0.1) is 5.10 Å². The third kappa shape index (κ3) is 6.77. The molecule has 3 amide bonds. The van der Waals surface area contributed by atoms with E-state index in [4.69, 9.17) is 16.1 Å². The number of aromatic nitrogens is 5. The van der Waals surface area contributed by atoms with Crippen LogP contribution in [-0.2, 0) is 20.7 Å². The van der Waals surface area contributed by atoms with Gasteiger partial charge in [0, 0.05) is 34.5 Å². The lowest BCUT2D eigenvalue weighted by molar-refractivity contribution is -0.116. The predicted octanol–water partition coefficient (Wildman–Crippen LogP) is 4.86. The monoisotopic (exact) mass is 586 g/mol. The quantitative estimate of drug-likeness (QED) is 0.204. The molecule has 0 radical (unpaired) electrons. The van der Waals surface area contributed by atoms with Crippen LogP contribution >= 0.6 is 11.6 Å². The second-order valence-electron chi connectivity index (χ2n) is 8.84. The van der Waals surface area contributed by atoms with Crippen LogP contribution in [0.25, 0.3) is 22.7 Å². The molecule has 0 saturated heterocycles. The fraction of sp³-hybridized carbons (Fsp3) is 0.107. The zero-order valence-corrected chi connectivity index (χ0v) is 22.8. The van der Waals surface area contributed by atoms with Crippen molar-refractivity contribution in [3.8, 4) is 5.69 Å². The largest absolute Gasteiger partial charge is 0.453 e. The Labute approximate surface area is 243 Å². The summed E-state index contributed by atoms with van der Waals surface area (Å²) in [6.45, 7) is 0. The Balaban J connectivity index is 1.22. The van der Waals surface area contributed by atoms with Crippen molar-refractivity contribution >= 4 is 63.7 Å². The topological polar surface area (TPSA) is 166 Å². The van der Waals surface area contributed by atoms with Gasteiger partial charge in [-0.25, -0.2) is 4.79 Å². The van der Waals surface area contributed by atoms with E-state index in [0.29, 0.717) is 45.0 Å². The molecule has 0 bridgehead atoms. The average molecular weight is 587 g/mol. The van der Waals surface area contributed by atoms with Crippen molar-refractivity contribution < 1.29 is 23.6 Å². The van der Waals surface area contributed by atoms with E-state index in [0.717, 1.165) is 5.56 Å². The molecule has 2 aromatic heterocycles. The van der Waals surface area contributed by atoms with E-state index in [-0.39, 0.29) is 24.1 Å². The van der Waals surface area contributed by atoms with Crippen LogP contribution in [0.3, 0.4) is 0 Å². The number of fused-ring (bicyclic) bond motifs is 1. The van der Waals surface area contributed by atoms with E-state index in [1.54, 1.807) is 54.6 Å². The summed E-state index contributed by atoms with van der Waals surface area (Å²) in [4.78, 5) is 37.1. The van der Waals surface area contributed by atoms with Crippen molar-refractivity contribution in [1.82, 2.24) is 25.4 Å². The molecule has 13 nitrogen and oxygen atoms in total. The number of hydrogen-bond donors (Lipinski definition) is 3. The molecule has 0 unspecified atom stereocenters. The zero-order valence-electron chi connectivity index (χ0n) is 22.1. The van der Waals surface area contributed by atoms with Gasteiger partial charge in [0.1, 0.15) is 6.33 Å². The van der Waals surface area contributed by atoms with Crippen molar-refractivity contribution in [2.24, 2.45) is 0 Å². The Morgan fingerprint density at radius 2 is 1.90 bits per heavy atom. The molecular formula is C28H23ClN8O5. The number of halogens is 1. The number of benzene rings is 3. The molecule has 42 heavy (non-hydrogen) atoms. The number of ether oxygens (including phenoxy) is 1. The smallest absolute Gasteiger partial charge is 0.411 e. The molecule has 0 atom stereocenters. The summed E-state index contributed by atoms with van der Waals surface area (Å²) in [6.07, 6.45) is 4.25. The van der Waals surface area contributed by atoms with Gasteiger partial charge in [-0.3, -0.25) is 14.9 Å². The molecule has 0 aliphatic heterocycles. The van der Waals surface area contributed by atoms with Crippen molar-refractivity contribution in [1.29, 1.82) is 0 Å². The van der Waals surface area contributed by atoms with Crippen molar-refractivity contribution in [2.75, 3.05) is 23.1 Å². The summed E-state index contributed by atoms with van der Waals surface area (Å²) in [7, 11) is 1.26. The van der Waals surface area contributed by atoms with E-state index in [9.17, 15) is 14.4 Å². The average Bonchev–Trinajstić information content (AvgIpc) is 3.66. The highest BCUT2D eigenvalue weighted by Gasteiger charge is 2.14. The number of aryl methyl sites for hydroxylation is 1. The summed E-state index contributed by atoms with van der Waals surface area (Å²) in [5.74, 6) is -0.467. The van der Waals surface area contributed by atoms with Crippen LogP contribution in [0.5, 0.6) is 0 Å². The summed E-state index contributed by atoms with van der Waals surface area (Å²) >= 11 is 6.15. The van der Waals surface area contributed by atoms with Crippen LogP contribution in [-0.4, -0.2) is 50.4 Å². The van der Waals surface area contributed by atoms with Crippen LogP contribution in [0.2, 0.25) is 5.02 Å². The molecule has 0 saturated carbocycles. The fourth-order valence-corrected chi connectivity index (χ4v) is 4.24. The number of para-hydroxylation sites is 1. The Morgan fingerprint density at radius 1 is 1.05 bits per heavy atom. The van der Waals surface area contributed by atoms with E-state index >= 15 is 0 Å². The number of carbonyl (C=O) groups is 3. The van der Waals surface area contributed by atoms with Crippen LogP contribution in [0.4, 0.5) is 22.0 Å². The Morgan fingerprint density at radius 3 is 2.71 bits per heavy atom. The second-order valence-corrected chi connectivity index (χ2v) is 9.28. The number of anilines is 3. The third-order valence-electron chi connectivity index (χ3n) is 6.06. The first-order valence-electron chi connectivity index (χ1n) is 12.5. The van der Waals surface area contributed by atoms with Gasteiger partial charge in [0.2, 0.25) is 11.8 Å². The molecule has 0 spiro atoms. The number of methoxy groups -OCH3 is 1. The number of rotatable bonds is 9. The van der Waals surface area contributed by atoms with Gasteiger partial charge in [-0.2, -0.15) is 4.68 Å². The molecule has 5 rings (SSSR count). The van der Waals surface area contributed by atoms with Gasteiger partial charge >= 0.3 is 6.09 Å². The SMILES string of the molecule is COC(=O)Nc1ccc2onc(NC(=O)CCc3ccccc3NC(=O)C=Cc3cc(Cl)ccc3-n3cnnn3)c2c1. The van der Waals surface area contributed by atoms with Gasteiger partial charge in [-0.1, -0.05) is 35.0 Å². The molecule has 0 fully saturated rings. The Hall–Kier alpha value is -5.56. The number of nitrogens with one attached hydrogen (secondary N) is 3. The minimum atomic E-state index is -0.629. The normalized spacial score (nSPS) is 11.0. The Kier molecular flexibility index (Phi) is 8.49. The summed E-state index contributed by atoms with van der Waals surface area (Å²) < 4.78 is 11.3. The maximum Gasteiger partial charge on any atom is 0.411 e. The first-order valence-corrected chi connectivity index (χ1v) is 12.9. The summed E-state index contributed by atoms with van der Waals surface area (Å²) in [5, 5.41) is 24.3. The van der Waals surface area contributed by atoms with E-state index in [1.165, 1.54) is 24.2 Å². The number of nitrogens with zero attached hydrogens (tertiary/aromatic N) is 5. The van der Waals surface area contributed by atoms with Gasteiger partial charge in [-0.05, 0) is 71.0 Å². The molecule has 0 aliphatic rings. The minimum Gasteiger partial charge on any atom is -0.453 e. The summed E-state index contributed by atoms with van der Waals surface area (Å²) in [5.41, 5.74) is 3.51. The molecule has 3 N–H and O–H groups in total. The van der Waals surface area contributed by atoms with E-state index in [2.05, 4.69) is 41.4 Å². The number of amides is 3. The van der Waals surface area contributed by atoms with Crippen LogP contribution in [0.15, 0.2) is 77.6 Å². The molecule has 212 valence electrons. The lowest BCUT2D eigenvalue weighted by atomic mass is 10.1. The summed E-state index contributed by atoms with van der Waals surface area (Å²) in [6, 6.07) is 17.2. The van der Waals surface area contributed by atoms with Crippen LogP contribution < -0.4 is 16.0 Å². The van der Waals surface area contributed by atoms with Crippen molar-refractivity contribution in [3.05, 3.63) is 89.2 Å².